The Morgan fingerprint density at radius 2 is 2.40 bits per heavy atom. The molecular formula is C6H10N2O2. The van der Waals surface area contributed by atoms with Gasteiger partial charge in [0.05, 0.1) is 11.9 Å². The molecule has 2 atom stereocenters. The largest absolute Gasteiger partial charge is 0.480 e. The monoisotopic (exact) mass is 142 g/mol. The van der Waals surface area contributed by atoms with Gasteiger partial charge in [-0.2, -0.15) is 0 Å². The van der Waals surface area contributed by atoms with E-state index in [0.29, 0.717) is 5.84 Å². The summed E-state index contributed by atoms with van der Waals surface area (Å²) in [6, 6.07) is -0.669. The molecule has 0 radical (unpaired) electrons. The predicted octanol–water partition coefficient (Wildman–Crippen LogP) is -0.150. The minimum atomic E-state index is -0.864. The van der Waals surface area contributed by atoms with Crippen molar-refractivity contribution in [3.05, 3.63) is 0 Å². The fraction of sp³-hybridized carbons (Fsp3) is 0.667. The SMILES string of the molecule is CC1=NC(C(=O)O)C(C)N1. The number of amidine groups is 1. The number of nitrogens with one attached hydrogen (secondary N) is 1. The molecule has 0 spiro atoms. The van der Waals surface area contributed by atoms with Gasteiger partial charge in [0.1, 0.15) is 0 Å². The molecule has 1 rings (SSSR count). The summed E-state index contributed by atoms with van der Waals surface area (Å²) in [5, 5.41) is 11.5. The van der Waals surface area contributed by atoms with Crippen LogP contribution in [0.25, 0.3) is 0 Å². The number of aliphatic imine (C=N–C) groups is 1. The zero-order chi connectivity index (χ0) is 7.72. The van der Waals surface area contributed by atoms with Crippen molar-refractivity contribution < 1.29 is 9.90 Å². The molecule has 0 saturated carbocycles. The lowest BCUT2D eigenvalue weighted by molar-refractivity contribution is -0.138. The number of hydrogen-bond acceptors (Lipinski definition) is 3. The molecular weight excluding hydrogens is 132 g/mol. The van der Waals surface area contributed by atoms with Crippen LogP contribution in [0.1, 0.15) is 13.8 Å². The lowest BCUT2D eigenvalue weighted by atomic mass is 10.2. The second-order valence-corrected chi connectivity index (χ2v) is 2.43. The van der Waals surface area contributed by atoms with Crippen LogP contribution in [0.2, 0.25) is 0 Å². The number of hydrogen-bond donors (Lipinski definition) is 2. The topological polar surface area (TPSA) is 61.7 Å². The maximum absolute atomic E-state index is 10.4. The van der Waals surface area contributed by atoms with Crippen LogP contribution < -0.4 is 5.32 Å². The van der Waals surface area contributed by atoms with Crippen LogP contribution in [0.5, 0.6) is 0 Å². The third-order valence-electron chi connectivity index (χ3n) is 1.50. The Labute approximate surface area is 59.0 Å². The van der Waals surface area contributed by atoms with Gasteiger partial charge in [0.25, 0.3) is 0 Å². The summed E-state index contributed by atoms with van der Waals surface area (Å²) in [7, 11) is 0. The highest BCUT2D eigenvalue weighted by Gasteiger charge is 2.28. The smallest absolute Gasteiger partial charge is 0.330 e. The molecule has 1 heterocycles. The van der Waals surface area contributed by atoms with E-state index in [1.165, 1.54) is 0 Å². The maximum atomic E-state index is 10.4. The molecule has 0 bridgehead atoms. The van der Waals surface area contributed by atoms with Crippen molar-refractivity contribution in [3.8, 4) is 0 Å². The van der Waals surface area contributed by atoms with Crippen molar-refractivity contribution in [2.45, 2.75) is 25.9 Å². The first-order valence-electron chi connectivity index (χ1n) is 3.15. The van der Waals surface area contributed by atoms with Crippen molar-refractivity contribution in [3.63, 3.8) is 0 Å². The number of carboxylic acids is 1. The number of carbonyl (C=O) groups is 1. The lowest BCUT2D eigenvalue weighted by Crippen LogP contribution is -2.35. The zero-order valence-corrected chi connectivity index (χ0v) is 5.96. The van der Waals surface area contributed by atoms with E-state index in [-0.39, 0.29) is 6.04 Å². The molecule has 10 heavy (non-hydrogen) atoms. The third-order valence-corrected chi connectivity index (χ3v) is 1.50. The molecule has 2 N–H and O–H groups in total. The highest BCUT2D eigenvalue weighted by atomic mass is 16.4. The highest BCUT2D eigenvalue weighted by molar-refractivity contribution is 5.88. The molecule has 0 saturated heterocycles. The number of carboxylic acid groups (broad SMARTS) is 1. The lowest BCUT2D eigenvalue weighted by Gasteiger charge is -2.07. The standard InChI is InChI=1S/C6H10N2O2/c1-3-5(6(9)10)8-4(2)7-3/h3,5H,1-2H3,(H,7,8)(H,9,10). The second kappa shape index (κ2) is 2.28. The van der Waals surface area contributed by atoms with Gasteiger partial charge in [0, 0.05) is 0 Å². The van der Waals surface area contributed by atoms with Crippen LogP contribution in [0.3, 0.4) is 0 Å². The average Bonchev–Trinajstić information content (AvgIpc) is 2.10. The fourth-order valence-electron chi connectivity index (χ4n) is 1.04. The van der Waals surface area contributed by atoms with Gasteiger partial charge in [-0.3, -0.25) is 4.99 Å². The molecule has 0 aromatic heterocycles. The summed E-state index contributed by atoms with van der Waals surface area (Å²) in [6.07, 6.45) is 0. The fourth-order valence-corrected chi connectivity index (χ4v) is 1.04. The number of aliphatic carboxylic acids is 1. The van der Waals surface area contributed by atoms with Crippen LogP contribution in [-0.4, -0.2) is 29.0 Å². The van der Waals surface area contributed by atoms with Crippen LogP contribution >= 0.6 is 0 Å². The van der Waals surface area contributed by atoms with E-state index in [2.05, 4.69) is 10.3 Å². The second-order valence-electron chi connectivity index (χ2n) is 2.43. The van der Waals surface area contributed by atoms with Crippen LogP contribution in [0.15, 0.2) is 4.99 Å². The molecule has 56 valence electrons. The number of rotatable bonds is 1. The zero-order valence-electron chi connectivity index (χ0n) is 5.96. The van der Waals surface area contributed by atoms with Crippen LogP contribution in [0, 0.1) is 0 Å². The Kier molecular flexibility index (Phi) is 1.61. The van der Waals surface area contributed by atoms with E-state index < -0.39 is 12.0 Å². The number of nitrogens with zero attached hydrogens (tertiary/aromatic N) is 1. The Bertz CT molecular complexity index is 188. The Morgan fingerprint density at radius 1 is 1.80 bits per heavy atom. The Morgan fingerprint density at radius 3 is 2.60 bits per heavy atom. The Balaban J connectivity index is 2.69. The van der Waals surface area contributed by atoms with Crippen molar-refractivity contribution in [1.29, 1.82) is 0 Å². The van der Waals surface area contributed by atoms with Gasteiger partial charge in [-0.25, -0.2) is 4.79 Å². The molecule has 4 nitrogen and oxygen atoms in total. The van der Waals surface area contributed by atoms with Gasteiger partial charge in [-0.05, 0) is 13.8 Å². The summed E-state index contributed by atoms with van der Waals surface area (Å²) in [5.74, 6) is -0.156. The van der Waals surface area contributed by atoms with Gasteiger partial charge in [-0.15, -0.1) is 0 Å². The summed E-state index contributed by atoms with van der Waals surface area (Å²) < 4.78 is 0. The van der Waals surface area contributed by atoms with Crippen molar-refractivity contribution in [1.82, 2.24) is 5.32 Å². The van der Waals surface area contributed by atoms with E-state index >= 15 is 0 Å². The molecule has 4 heteroatoms. The molecule has 1 aliphatic rings. The van der Waals surface area contributed by atoms with E-state index in [1.807, 2.05) is 0 Å². The first kappa shape index (κ1) is 7.05. The molecule has 2 unspecified atom stereocenters. The molecule has 0 fully saturated rings. The van der Waals surface area contributed by atoms with Crippen molar-refractivity contribution >= 4 is 11.8 Å². The summed E-state index contributed by atoms with van der Waals surface area (Å²) in [5.41, 5.74) is 0. The normalized spacial score (nSPS) is 31.2. The van der Waals surface area contributed by atoms with E-state index in [1.54, 1.807) is 13.8 Å². The first-order chi connectivity index (χ1) is 4.61. The van der Waals surface area contributed by atoms with Gasteiger partial charge >= 0.3 is 5.97 Å². The quantitative estimate of drug-likeness (QED) is 0.535. The van der Waals surface area contributed by atoms with Crippen molar-refractivity contribution in [2.75, 3.05) is 0 Å². The Hall–Kier alpha value is -1.06. The van der Waals surface area contributed by atoms with Gasteiger partial charge in [0.2, 0.25) is 0 Å². The molecule has 0 aliphatic carbocycles. The molecule has 0 amide bonds. The average molecular weight is 142 g/mol. The van der Waals surface area contributed by atoms with E-state index in [9.17, 15) is 4.79 Å². The molecule has 0 aromatic rings. The maximum Gasteiger partial charge on any atom is 0.330 e. The summed E-state index contributed by atoms with van der Waals surface area (Å²) in [4.78, 5) is 14.3. The van der Waals surface area contributed by atoms with Crippen LogP contribution in [0.4, 0.5) is 0 Å². The minimum Gasteiger partial charge on any atom is -0.480 e. The molecule has 1 aliphatic heterocycles. The van der Waals surface area contributed by atoms with Gasteiger partial charge < -0.3 is 10.4 Å². The first-order valence-corrected chi connectivity index (χ1v) is 3.15. The van der Waals surface area contributed by atoms with Crippen LogP contribution in [-0.2, 0) is 4.79 Å². The summed E-state index contributed by atoms with van der Waals surface area (Å²) in [6.45, 7) is 3.57. The van der Waals surface area contributed by atoms with E-state index in [4.69, 9.17) is 5.11 Å². The third kappa shape index (κ3) is 1.10. The van der Waals surface area contributed by atoms with Gasteiger partial charge in [0.15, 0.2) is 6.04 Å². The minimum absolute atomic E-state index is 0.0718. The highest BCUT2D eigenvalue weighted by Crippen LogP contribution is 2.05. The summed E-state index contributed by atoms with van der Waals surface area (Å²) >= 11 is 0. The van der Waals surface area contributed by atoms with Crippen molar-refractivity contribution in [2.24, 2.45) is 4.99 Å². The van der Waals surface area contributed by atoms with Gasteiger partial charge in [-0.1, -0.05) is 0 Å². The molecule has 0 aromatic carbocycles. The van der Waals surface area contributed by atoms with E-state index in [0.717, 1.165) is 0 Å². The predicted molar refractivity (Wildman–Crippen MR) is 37.1 cm³/mol.